The third-order valence-electron chi connectivity index (χ3n) is 3.67. The average molecular weight is 353 g/mol. The fourth-order valence-corrected chi connectivity index (χ4v) is 2.21. The molecule has 0 fully saturated rings. The Balaban J connectivity index is 1.86. The van der Waals surface area contributed by atoms with Gasteiger partial charge < -0.3 is 4.52 Å². The summed E-state index contributed by atoms with van der Waals surface area (Å²) in [6, 6.07) is 12.5. The lowest BCUT2D eigenvalue weighted by molar-refractivity contribution is -0.122. The number of halogens is 1. The minimum atomic E-state index is -0.511. The zero-order chi connectivity index (χ0) is 18.7. The van der Waals surface area contributed by atoms with E-state index in [4.69, 9.17) is 4.52 Å². The molecule has 26 heavy (non-hydrogen) atoms. The number of hydrogen-bond acceptors (Lipinski definition) is 5. The molecule has 7 heteroatoms. The van der Waals surface area contributed by atoms with E-state index < -0.39 is 11.7 Å². The summed E-state index contributed by atoms with van der Waals surface area (Å²) in [5.74, 6) is -1.38. The molecule has 0 atom stereocenters. The quantitative estimate of drug-likeness (QED) is 0.776. The number of benzene rings is 2. The van der Waals surface area contributed by atoms with E-state index in [1.54, 1.807) is 50.2 Å². The second-order valence-electron chi connectivity index (χ2n) is 5.96. The molecule has 0 bridgehead atoms. The molecule has 6 nitrogen and oxygen atoms in total. The molecule has 0 spiro atoms. The molecule has 0 saturated carbocycles. The van der Waals surface area contributed by atoms with Gasteiger partial charge in [0.25, 0.3) is 11.8 Å². The van der Waals surface area contributed by atoms with Gasteiger partial charge in [-0.05, 0) is 24.3 Å². The molecule has 0 radical (unpaired) electrons. The second kappa shape index (κ2) is 7.26. The van der Waals surface area contributed by atoms with E-state index in [2.05, 4.69) is 15.5 Å². The van der Waals surface area contributed by atoms with E-state index in [0.717, 1.165) is 0 Å². The maximum atomic E-state index is 13.8. The molecule has 0 aliphatic heterocycles. The molecule has 132 valence electrons. The lowest BCUT2D eigenvalue weighted by atomic mass is 10.1. The Hall–Kier alpha value is -3.35. The van der Waals surface area contributed by atoms with Crippen LogP contribution in [0.2, 0.25) is 0 Å². The molecule has 1 heterocycles. The first-order valence-electron chi connectivity index (χ1n) is 8.00. The van der Waals surface area contributed by atoms with Crippen LogP contribution < -0.4 is 5.32 Å². The number of rotatable bonds is 4. The Morgan fingerprint density at radius 1 is 1.12 bits per heavy atom. The summed E-state index contributed by atoms with van der Waals surface area (Å²) in [4.78, 5) is 28.0. The maximum Gasteiger partial charge on any atom is 0.261 e. The van der Waals surface area contributed by atoms with Crippen molar-refractivity contribution in [2.24, 2.45) is 5.92 Å². The van der Waals surface area contributed by atoms with Crippen LogP contribution in [0.15, 0.2) is 53.1 Å². The third kappa shape index (κ3) is 3.66. The van der Waals surface area contributed by atoms with Crippen molar-refractivity contribution < 1.29 is 18.5 Å². The fraction of sp³-hybridized carbons (Fsp3) is 0.158. The lowest BCUT2D eigenvalue weighted by Crippen LogP contribution is -2.33. The molecule has 0 aliphatic rings. The summed E-state index contributed by atoms with van der Waals surface area (Å²) in [7, 11) is 0. The van der Waals surface area contributed by atoms with Crippen molar-refractivity contribution in [3.63, 3.8) is 0 Å². The van der Waals surface area contributed by atoms with Crippen LogP contribution in [0.5, 0.6) is 0 Å². The van der Waals surface area contributed by atoms with Gasteiger partial charge >= 0.3 is 0 Å². The number of imide groups is 1. The van der Waals surface area contributed by atoms with Crippen molar-refractivity contribution in [1.29, 1.82) is 0 Å². The Morgan fingerprint density at radius 3 is 2.62 bits per heavy atom. The summed E-state index contributed by atoms with van der Waals surface area (Å²) in [5.41, 5.74) is 0.998. The van der Waals surface area contributed by atoms with Crippen molar-refractivity contribution in [2.75, 3.05) is 0 Å². The van der Waals surface area contributed by atoms with Crippen LogP contribution in [-0.4, -0.2) is 22.0 Å². The highest BCUT2D eigenvalue weighted by molar-refractivity contribution is 6.05. The molecule has 0 unspecified atom stereocenters. The zero-order valence-electron chi connectivity index (χ0n) is 14.2. The highest BCUT2D eigenvalue weighted by Crippen LogP contribution is 2.24. The van der Waals surface area contributed by atoms with E-state index in [9.17, 15) is 14.0 Å². The van der Waals surface area contributed by atoms with Crippen molar-refractivity contribution in [2.45, 2.75) is 13.8 Å². The molecular formula is C19H16FN3O3. The highest BCUT2D eigenvalue weighted by atomic mass is 19.1. The standard InChI is InChI=1S/C19H16FN3O3/c1-11(2)17(24)22-18(25)13-7-5-6-12(10-13)16-21-19(26-23-16)14-8-3-4-9-15(14)20/h3-11H,1-2H3,(H,22,24,25). The van der Waals surface area contributed by atoms with Crippen LogP contribution in [-0.2, 0) is 4.79 Å². The Labute approximate surface area is 149 Å². The first kappa shape index (κ1) is 17.5. The van der Waals surface area contributed by atoms with Crippen LogP contribution in [0, 0.1) is 11.7 Å². The van der Waals surface area contributed by atoms with Gasteiger partial charge in [0.15, 0.2) is 0 Å². The van der Waals surface area contributed by atoms with Crippen molar-refractivity contribution in [3.05, 3.63) is 59.9 Å². The smallest absolute Gasteiger partial charge is 0.261 e. The third-order valence-corrected chi connectivity index (χ3v) is 3.67. The van der Waals surface area contributed by atoms with Crippen LogP contribution in [0.4, 0.5) is 4.39 Å². The SMILES string of the molecule is CC(C)C(=O)NC(=O)c1cccc(-c2noc(-c3ccccc3F)n2)c1. The lowest BCUT2D eigenvalue weighted by Gasteiger charge is -2.06. The Bertz CT molecular complexity index is 966. The maximum absolute atomic E-state index is 13.8. The number of carbonyl (C=O) groups excluding carboxylic acids is 2. The normalized spacial score (nSPS) is 10.8. The van der Waals surface area contributed by atoms with E-state index in [-0.39, 0.29) is 34.7 Å². The number of nitrogens with one attached hydrogen (secondary N) is 1. The largest absolute Gasteiger partial charge is 0.334 e. The molecule has 3 rings (SSSR count). The number of hydrogen-bond donors (Lipinski definition) is 1. The minimum Gasteiger partial charge on any atom is -0.334 e. The van der Waals surface area contributed by atoms with Crippen molar-refractivity contribution in [1.82, 2.24) is 15.5 Å². The summed E-state index contributed by atoms with van der Waals surface area (Å²) in [5, 5.41) is 6.16. The van der Waals surface area contributed by atoms with Crippen molar-refractivity contribution in [3.8, 4) is 22.8 Å². The Morgan fingerprint density at radius 2 is 1.88 bits per heavy atom. The van der Waals surface area contributed by atoms with E-state index in [1.165, 1.54) is 12.1 Å². The summed E-state index contributed by atoms with van der Waals surface area (Å²) >= 11 is 0. The predicted octanol–water partition coefficient (Wildman–Crippen LogP) is 3.46. The Kier molecular flexibility index (Phi) is 4.88. The van der Waals surface area contributed by atoms with Gasteiger partial charge in [0.05, 0.1) is 5.56 Å². The van der Waals surface area contributed by atoms with Crippen LogP contribution in [0.25, 0.3) is 22.8 Å². The average Bonchev–Trinajstić information content (AvgIpc) is 3.12. The number of nitrogens with zero attached hydrogens (tertiary/aromatic N) is 2. The fourth-order valence-electron chi connectivity index (χ4n) is 2.21. The number of aromatic nitrogens is 2. The topological polar surface area (TPSA) is 85.1 Å². The van der Waals surface area contributed by atoms with Gasteiger partial charge in [0.1, 0.15) is 5.82 Å². The van der Waals surface area contributed by atoms with Gasteiger partial charge in [-0.15, -0.1) is 0 Å². The van der Waals surface area contributed by atoms with E-state index >= 15 is 0 Å². The number of carbonyl (C=O) groups is 2. The van der Waals surface area contributed by atoms with Gasteiger partial charge in [0, 0.05) is 17.0 Å². The highest BCUT2D eigenvalue weighted by Gasteiger charge is 2.17. The molecule has 2 amide bonds. The first-order valence-corrected chi connectivity index (χ1v) is 8.00. The van der Waals surface area contributed by atoms with E-state index in [1.807, 2.05) is 0 Å². The molecule has 1 aromatic heterocycles. The summed E-state index contributed by atoms with van der Waals surface area (Å²) in [6.45, 7) is 3.39. The van der Waals surface area contributed by atoms with E-state index in [0.29, 0.717) is 5.56 Å². The molecule has 0 aliphatic carbocycles. The van der Waals surface area contributed by atoms with Gasteiger partial charge in [-0.3, -0.25) is 14.9 Å². The second-order valence-corrected chi connectivity index (χ2v) is 5.96. The van der Waals surface area contributed by atoms with Crippen LogP contribution in [0.3, 0.4) is 0 Å². The monoisotopic (exact) mass is 353 g/mol. The van der Waals surface area contributed by atoms with Gasteiger partial charge in [-0.1, -0.05) is 43.3 Å². The van der Waals surface area contributed by atoms with Crippen molar-refractivity contribution >= 4 is 11.8 Å². The molecule has 3 aromatic rings. The molecule has 0 saturated heterocycles. The van der Waals surface area contributed by atoms with Gasteiger partial charge in [-0.25, -0.2) is 4.39 Å². The minimum absolute atomic E-state index is 0.0444. The van der Waals surface area contributed by atoms with Crippen LogP contribution >= 0.6 is 0 Å². The molecule has 1 N–H and O–H groups in total. The molecule has 2 aromatic carbocycles. The first-order chi connectivity index (χ1) is 12.5. The zero-order valence-corrected chi connectivity index (χ0v) is 14.2. The molecular weight excluding hydrogens is 337 g/mol. The summed E-state index contributed by atoms with van der Waals surface area (Å²) < 4.78 is 19.0. The summed E-state index contributed by atoms with van der Waals surface area (Å²) in [6.07, 6.45) is 0. The van der Waals surface area contributed by atoms with Crippen LogP contribution in [0.1, 0.15) is 24.2 Å². The predicted molar refractivity (Wildman–Crippen MR) is 92.4 cm³/mol. The number of amides is 2. The van der Waals surface area contributed by atoms with Gasteiger partial charge in [0.2, 0.25) is 11.7 Å². The van der Waals surface area contributed by atoms with Gasteiger partial charge in [-0.2, -0.15) is 4.98 Å².